The van der Waals surface area contributed by atoms with Crippen molar-refractivity contribution in [3.05, 3.63) is 48.3 Å². The summed E-state index contributed by atoms with van der Waals surface area (Å²) in [6, 6.07) is 9.68. The first-order valence-corrected chi connectivity index (χ1v) is 4.75. The van der Waals surface area contributed by atoms with Crippen LogP contribution in [-0.2, 0) is 0 Å². The third-order valence-electron chi connectivity index (χ3n) is 1.89. The molecule has 0 bridgehead atoms. The minimum absolute atomic E-state index is 0.975. The molecule has 0 spiro atoms. The van der Waals surface area contributed by atoms with Crippen molar-refractivity contribution in [2.24, 2.45) is 10.9 Å². The minimum Gasteiger partial charge on any atom is -0.323 e. The van der Waals surface area contributed by atoms with Crippen molar-refractivity contribution in [2.45, 2.75) is 0 Å². The van der Waals surface area contributed by atoms with Gasteiger partial charge < -0.3 is 5.84 Å². The summed E-state index contributed by atoms with van der Waals surface area (Å²) in [6.07, 6.45) is 5.24. The van der Waals surface area contributed by atoms with Crippen LogP contribution in [0.25, 0.3) is 5.69 Å². The van der Waals surface area contributed by atoms with E-state index in [0.29, 0.717) is 0 Å². The molecule has 0 fully saturated rings. The molecule has 0 unspecified atom stereocenters. The minimum atomic E-state index is 0.975. The summed E-state index contributed by atoms with van der Waals surface area (Å²) in [4.78, 5) is 0. The van der Waals surface area contributed by atoms with Crippen molar-refractivity contribution >= 4 is 6.21 Å². The summed E-state index contributed by atoms with van der Waals surface area (Å²) in [7, 11) is 0. The Kier molecular flexibility index (Phi) is 7.55. The topological polar surface area (TPSA) is 104 Å². The molecule has 0 saturated carbocycles. The van der Waals surface area contributed by atoms with E-state index in [2.05, 4.69) is 23.3 Å². The average Bonchev–Trinajstić information content (AvgIpc) is 2.99. The Labute approximate surface area is 105 Å². The number of hydrogen-bond donors (Lipinski definition) is 1. The predicted molar refractivity (Wildman–Crippen MR) is 68.7 cm³/mol. The number of benzene rings is 1. The molecule has 0 aliphatic carbocycles. The van der Waals surface area contributed by atoms with E-state index in [1.54, 1.807) is 17.1 Å². The molecule has 18 heavy (non-hydrogen) atoms. The van der Waals surface area contributed by atoms with Crippen LogP contribution in [0.2, 0.25) is 0 Å². The van der Waals surface area contributed by atoms with Gasteiger partial charge in [-0.25, -0.2) is 15.2 Å². The van der Waals surface area contributed by atoms with Crippen LogP contribution < -0.4 is 5.84 Å². The summed E-state index contributed by atoms with van der Waals surface area (Å²) >= 11 is 0. The van der Waals surface area contributed by atoms with Crippen LogP contribution in [0.1, 0.15) is 5.56 Å². The van der Waals surface area contributed by atoms with Crippen molar-refractivity contribution in [3.8, 4) is 18.8 Å². The highest BCUT2D eigenvalue weighted by molar-refractivity contribution is 5.79. The molecule has 0 radical (unpaired) electrons. The summed E-state index contributed by atoms with van der Waals surface area (Å²) in [5.74, 6) is 5.05. The SMILES string of the molecule is C#N.C#N.NN=Cc1ccc(-n2cccn2)cc1. The monoisotopic (exact) mass is 240 g/mol. The molecule has 0 atom stereocenters. The Morgan fingerprint density at radius 3 is 2.22 bits per heavy atom. The quantitative estimate of drug-likeness (QED) is 0.487. The van der Waals surface area contributed by atoms with Gasteiger partial charge in [0.25, 0.3) is 0 Å². The molecule has 0 amide bonds. The molecule has 6 heteroatoms. The van der Waals surface area contributed by atoms with Gasteiger partial charge in [-0.2, -0.15) is 10.2 Å². The lowest BCUT2D eigenvalue weighted by Gasteiger charge is -2.00. The standard InChI is InChI=1S/C10H10N4.2CHN/c11-12-8-9-2-4-10(5-3-9)14-7-1-6-13-14;2*1-2/h1-8H,11H2;2*1H. The van der Waals surface area contributed by atoms with E-state index in [1.165, 1.54) is 0 Å². The Morgan fingerprint density at radius 1 is 1.17 bits per heavy atom. The maximum Gasteiger partial charge on any atom is 0.0645 e. The van der Waals surface area contributed by atoms with Crippen molar-refractivity contribution in [1.29, 1.82) is 10.5 Å². The molecule has 1 aromatic carbocycles. The third kappa shape index (κ3) is 4.17. The van der Waals surface area contributed by atoms with Gasteiger partial charge in [0, 0.05) is 25.5 Å². The van der Waals surface area contributed by atoms with Crippen LogP contribution in [0.4, 0.5) is 0 Å². The largest absolute Gasteiger partial charge is 0.323 e. The molecule has 1 heterocycles. The number of hydrogen-bond acceptors (Lipinski definition) is 5. The van der Waals surface area contributed by atoms with Crippen molar-refractivity contribution in [1.82, 2.24) is 9.78 Å². The zero-order valence-electron chi connectivity index (χ0n) is 9.59. The molecule has 90 valence electrons. The molecule has 0 aliphatic heterocycles. The fraction of sp³-hybridized carbons (Fsp3) is 0. The van der Waals surface area contributed by atoms with Crippen LogP contribution in [0, 0.1) is 23.7 Å². The van der Waals surface area contributed by atoms with Gasteiger partial charge in [-0.15, -0.1) is 0 Å². The van der Waals surface area contributed by atoms with Crippen LogP contribution >= 0.6 is 0 Å². The van der Waals surface area contributed by atoms with E-state index in [1.807, 2.05) is 36.5 Å². The molecular formula is C12H12N6. The van der Waals surface area contributed by atoms with Crippen molar-refractivity contribution < 1.29 is 0 Å². The van der Waals surface area contributed by atoms with Gasteiger partial charge >= 0.3 is 0 Å². The van der Waals surface area contributed by atoms with E-state index in [9.17, 15) is 0 Å². The summed E-state index contributed by atoms with van der Waals surface area (Å²) < 4.78 is 1.80. The first-order chi connectivity index (χ1) is 8.90. The zero-order valence-corrected chi connectivity index (χ0v) is 9.59. The van der Waals surface area contributed by atoms with Gasteiger partial charge in [0.2, 0.25) is 0 Å². The first-order valence-electron chi connectivity index (χ1n) is 4.75. The molecule has 2 aromatic rings. The second-order valence-corrected chi connectivity index (χ2v) is 2.82. The maximum absolute atomic E-state index is 6.50. The Bertz CT molecular complexity index is 486. The van der Waals surface area contributed by atoms with Crippen molar-refractivity contribution in [3.63, 3.8) is 0 Å². The Morgan fingerprint density at radius 2 is 1.78 bits per heavy atom. The van der Waals surface area contributed by atoms with Crippen LogP contribution in [0.15, 0.2) is 47.8 Å². The fourth-order valence-electron chi connectivity index (χ4n) is 1.22. The van der Waals surface area contributed by atoms with E-state index in [-0.39, 0.29) is 0 Å². The molecule has 2 rings (SSSR count). The second kappa shape index (κ2) is 9.13. The number of nitriles is 2. The van der Waals surface area contributed by atoms with Gasteiger partial charge in [0.1, 0.15) is 0 Å². The molecule has 0 saturated heterocycles. The molecular weight excluding hydrogens is 228 g/mol. The lowest BCUT2D eigenvalue weighted by atomic mass is 10.2. The fourth-order valence-corrected chi connectivity index (χ4v) is 1.22. The highest BCUT2D eigenvalue weighted by Crippen LogP contribution is 2.06. The Balaban J connectivity index is 0.000000659. The molecule has 0 aliphatic rings. The average molecular weight is 240 g/mol. The predicted octanol–water partition coefficient (Wildman–Crippen LogP) is 1.44. The lowest BCUT2D eigenvalue weighted by molar-refractivity contribution is 0.880. The number of aromatic nitrogens is 2. The van der Waals surface area contributed by atoms with Crippen LogP contribution in [0.5, 0.6) is 0 Å². The molecule has 1 aromatic heterocycles. The molecule has 2 N–H and O–H groups in total. The summed E-state index contributed by atoms with van der Waals surface area (Å²) in [5, 5.41) is 20.6. The number of nitrogens with two attached hydrogens (primary N) is 1. The van der Waals surface area contributed by atoms with Gasteiger partial charge in [0.15, 0.2) is 0 Å². The number of rotatable bonds is 2. The number of nitrogens with zero attached hydrogens (tertiary/aromatic N) is 5. The van der Waals surface area contributed by atoms with Crippen LogP contribution in [0.3, 0.4) is 0 Å². The van der Waals surface area contributed by atoms with Gasteiger partial charge in [-0.1, -0.05) is 12.1 Å². The second-order valence-electron chi connectivity index (χ2n) is 2.82. The van der Waals surface area contributed by atoms with Crippen molar-refractivity contribution in [2.75, 3.05) is 0 Å². The lowest BCUT2D eigenvalue weighted by Crippen LogP contribution is -1.94. The van der Waals surface area contributed by atoms with E-state index in [4.69, 9.17) is 16.4 Å². The smallest absolute Gasteiger partial charge is 0.0645 e. The normalized spacial score (nSPS) is 8.67. The van der Waals surface area contributed by atoms with Gasteiger partial charge in [-0.05, 0) is 23.8 Å². The van der Waals surface area contributed by atoms with Gasteiger partial charge in [0.05, 0.1) is 11.9 Å². The summed E-state index contributed by atoms with van der Waals surface area (Å²) in [5.41, 5.74) is 1.99. The first kappa shape index (κ1) is 14.9. The van der Waals surface area contributed by atoms with E-state index in [0.717, 1.165) is 11.3 Å². The van der Waals surface area contributed by atoms with Gasteiger partial charge in [-0.3, -0.25) is 0 Å². The summed E-state index contributed by atoms with van der Waals surface area (Å²) in [6.45, 7) is 7.00. The highest BCUT2D eigenvalue weighted by Gasteiger charge is 1.94. The van der Waals surface area contributed by atoms with Crippen LogP contribution in [-0.4, -0.2) is 16.0 Å². The zero-order chi connectivity index (χ0) is 13.8. The maximum atomic E-state index is 6.50. The Hall–Kier alpha value is -3.12. The van der Waals surface area contributed by atoms with E-state index >= 15 is 0 Å². The highest BCUT2D eigenvalue weighted by atomic mass is 15.3. The molecule has 6 nitrogen and oxygen atoms in total. The third-order valence-corrected chi connectivity index (χ3v) is 1.89. The number of hydrazone groups is 1. The van der Waals surface area contributed by atoms with E-state index < -0.39 is 0 Å².